The van der Waals surface area contributed by atoms with Gasteiger partial charge >= 0.3 is 0 Å². The van der Waals surface area contributed by atoms with E-state index in [4.69, 9.17) is 0 Å². The van der Waals surface area contributed by atoms with Gasteiger partial charge in [-0.15, -0.1) is 0 Å². The number of aliphatic hydroxyl groups is 1. The van der Waals surface area contributed by atoms with Gasteiger partial charge in [-0.1, -0.05) is 54.6 Å². The lowest BCUT2D eigenvalue weighted by atomic mass is 9.99. The molecule has 98 valence electrons. The van der Waals surface area contributed by atoms with Crippen molar-refractivity contribution < 1.29 is 5.11 Å². The second-order valence-corrected chi connectivity index (χ2v) is 4.57. The maximum absolute atomic E-state index is 10.3. The molecular formula is C17H14N2O. The van der Waals surface area contributed by atoms with Crippen molar-refractivity contribution in [1.29, 1.82) is 0 Å². The first-order valence-corrected chi connectivity index (χ1v) is 6.44. The van der Waals surface area contributed by atoms with E-state index in [1.807, 2.05) is 42.5 Å². The van der Waals surface area contributed by atoms with Gasteiger partial charge in [0.1, 0.15) is 6.10 Å². The minimum absolute atomic E-state index is 0.671. The lowest BCUT2D eigenvalue weighted by molar-refractivity contribution is 0.219. The molecule has 1 aromatic heterocycles. The SMILES string of the molecule is OC(c1ccc(-c2ccccc2)cc1)c1ccnnc1. The highest BCUT2D eigenvalue weighted by molar-refractivity contribution is 5.63. The van der Waals surface area contributed by atoms with Crippen molar-refractivity contribution >= 4 is 0 Å². The number of aromatic nitrogens is 2. The molecular weight excluding hydrogens is 248 g/mol. The third kappa shape index (κ3) is 2.58. The van der Waals surface area contributed by atoms with Crippen LogP contribution in [0.3, 0.4) is 0 Å². The number of rotatable bonds is 3. The largest absolute Gasteiger partial charge is 0.384 e. The highest BCUT2D eigenvalue weighted by atomic mass is 16.3. The van der Waals surface area contributed by atoms with Crippen LogP contribution in [-0.4, -0.2) is 15.3 Å². The molecule has 0 aliphatic heterocycles. The van der Waals surface area contributed by atoms with Gasteiger partial charge in [0.15, 0.2) is 0 Å². The zero-order chi connectivity index (χ0) is 13.8. The molecule has 0 spiro atoms. The lowest BCUT2D eigenvalue weighted by Crippen LogP contribution is -2.00. The van der Waals surface area contributed by atoms with Crippen LogP contribution in [0.1, 0.15) is 17.2 Å². The number of hydrogen-bond acceptors (Lipinski definition) is 3. The predicted molar refractivity (Wildman–Crippen MR) is 78.0 cm³/mol. The first kappa shape index (κ1) is 12.5. The molecule has 20 heavy (non-hydrogen) atoms. The van der Waals surface area contributed by atoms with Crippen LogP contribution in [0.4, 0.5) is 0 Å². The lowest BCUT2D eigenvalue weighted by Gasteiger charge is -2.11. The smallest absolute Gasteiger partial charge is 0.106 e. The Labute approximate surface area is 117 Å². The van der Waals surface area contributed by atoms with Crippen LogP contribution in [0.5, 0.6) is 0 Å². The minimum Gasteiger partial charge on any atom is -0.384 e. The van der Waals surface area contributed by atoms with Gasteiger partial charge in [0.05, 0.1) is 6.20 Å². The van der Waals surface area contributed by atoms with Crippen LogP contribution >= 0.6 is 0 Å². The summed E-state index contributed by atoms with van der Waals surface area (Å²) in [4.78, 5) is 0. The normalized spacial score (nSPS) is 12.1. The molecule has 1 N–H and O–H groups in total. The fourth-order valence-electron chi connectivity index (χ4n) is 2.14. The molecule has 3 aromatic rings. The number of hydrogen-bond donors (Lipinski definition) is 1. The van der Waals surface area contributed by atoms with E-state index < -0.39 is 6.10 Å². The van der Waals surface area contributed by atoms with E-state index in [9.17, 15) is 5.11 Å². The summed E-state index contributed by atoms with van der Waals surface area (Å²) in [5, 5.41) is 17.8. The monoisotopic (exact) mass is 262 g/mol. The Morgan fingerprint density at radius 1 is 0.700 bits per heavy atom. The van der Waals surface area contributed by atoms with Gasteiger partial charge in [0.2, 0.25) is 0 Å². The maximum atomic E-state index is 10.3. The summed E-state index contributed by atoms with van der Waals surface area (Å²) in [7, 11) is 0. The van der Waals surface area contributed by atoms with Crippen molar-refractivity contribution in [2.24, 2.45) is 0 Å². The van der Waals surface area contributed by atoms with Gasteiger partial charge in [-0.2, -0.15) is 10.2 Å². The molecule has 0 amide bonds. The first-order chi connectivity index (χ1) is 9.84. The van der Waals surface area contributed by atoms with Gasteiger partial charge in [0.25, 0.3) is 0 Å². The summed E-state index contributed by atoms with van der Waals surface area (Å²) in [5.74, 6) is 0. The summed E-state index contributed by atoms with van der Waals surface area (Å²) in [6.45, 7) is 0. The van der Waals surface area contributed by atoms with Crippen LogP contribution < -0.4 is 0 Å². The van der Waals surface area contributed by atoms with Gasteiger partial charge in [0, 0.05) is 11.8 Å². The van der Waals surface area contributed by atoms with Crippen LogP contribution in [0.2, 0.25) is 0 Å². The molecule has 0 radical (unpaired) electrons. The second kappa shape index (κ2) is 5.63. The average molecular weight is 262 g/mol. The molecule has 3 nitrogen and oxygen atoms in total. The third-order valence-corrected chi connectivity index (χ3v) is 3.26. The van der Waals surface area contributed by atoms with E-state index in [0.717, 1.165) is 16.7 Å². The standard InChI is InChI=1S/C17H14N2O/c20-17(16-10-11-18-19-12-16)15-8-6-14(7-9-15)13-4-2-1-3-5-13/h1-12,17,20H. The molecule has 0 aliphatic carbocycles. The van der Waals surface area contributed by atoms with Crippen LogP contribution in [0.15, 0.2) is 73.1 Å². The first-order valence-electron chi connectivity index (χ1n) is 6.44. The van der Waals surface area contributed by atoms with Gasteiger partial charge < -0.3 is 5.11 Å². The van der Waals surface area contributed by atoms with Crippen LogP contribution in [-0.2, 0) is 0 Å². The zero-order valence-corrected chi connectivity index (χ0v) is 10.8. The molecule has 3 rings (SSSR count). The van der Waals surface area contributed by atoms with Crippen LogP contribution in [0.25, 0.3) is 11.1 Å². The fraction of sp³-hybridized carbons (Fsp3) is 0.0588. The van der Waals surface area contributed by atoms with E-state index in [0.29, 0.717) is 0 Å². The summed E-state index contributed by atoms with van der Waals surface area (Å²) in [6.07, 6.45) is 2.49. The summed E-state index contributed by atoms with van der Waals surface area (Å²) in [5.41, 5.74) is 3.89. The minimum atomic E-state index is -0.671. The summed E-state index contributed by atoms with van der Waals surface area (Å²) >= 11 is 0. The number of nitrogens with zero attached hydrogens (tertiary/aromatic N) is 2. The van der Waals surface area contributed by atoms with Crippen molar-refractivity contribution in [3.63, 3.8) is 0 Å². The Hall–Kier alpha value is -2.52. The second-order valence-electron chi connectivity index (χ2n) is 4.57. The van der Waals surface area contributed by atoms with Gasteiger partial charge in [-0.3, -0.25) is 0 Å². The maximum Gasteiger partial charge on any atom is 0.106 e. The highest BCUT2D eigenvalue weighted by Crippen LogP contribution is 2.24. The summed E-state index contributed by atoms with van der Waals surface area (Å²) in [6, 6.07) is 19.8. The Morgan fingerprint density at radius 2 is 1.40 bits per heavy atom. The molecule has 0 aliphatic rings. The Morgan fingerprint density at radius 3 is 2.05 bits per heavy atom. The molecule has 1 atom stereocenters. The number of aliphatic hydroxyl groups excluding tert-OH is 1. The van der Waals surface area contributed by atoms with E-state index in [2.05, 4.69) is 22.3 Å². The highest BCUT2D eigenvalue weighted by Gasteiger charge is 2.10. The van der Waals surface area contributed by atoms with E-state index >= 15 is 0 Å². The van der Waals surface area contributed by atoms with Crippen molar-refractivity contribution in [2.75, 3.05) is 0 Å². The van der Waals surface area contributed by atoms with E-state index in [1.54, 1.807) is 18.5 Å². The van der Waals surface area contributed by atoms with Gasteiger partial charge in [-0.25, -0.2) is 0 Å². The molecule has 1 heterocycles. The molecule has 0 saturated carbocycles. The van der Waals surface area contributed by atoms with Crippen molar-refractivity contribution in [2.45, 2.75) is 6.10 Å². The van der Waals surface area contributed by atoms with Crippen molar-refractivity contribution in [3.05, 3.63) is 84.2 Å². The number of benzene rings is 2. The molecule has 0 bridgehead atoms. The van der Waals surface area contributed by atoms with Crippen molar-refractivity contribution in [3.8, 4) is 11.1 Å². The zero-order valence-electron chi connectivity index (χ0n) is 10.8. The quantitative estimate of drug-likeness (QED) is 0.788. The van der Waals surface area contributed by atoms with E-state index in [-0.39, 0.29) is 0 Å². The fourth-order valence-corrected chi connectivity index (χ4v) is 2.14. The van der Waals surface area contributed by atoms with Crippen LogP contribution in [0, 0.1) is 0 Å². The van der Waals surface area contributed by atoms with E-state index in [1.165, 1.54) is 5.56 Å². The predicted octanol–water partition coefficient (Wildman–Crippen LogP) is 3.23. The molecule has 0 saturated heterocycles. The third-order valence-electron chi connectivity index (χ3n) is 3.26. The van der Waals surface area contributed by atoms with Crippen molar-refractivity contribution in [1.82, 2.24) is 10.2 Å². The Bertz CT molecular complexity index is 666. The Kier molecular flexibility index (Phi) is 3.52. The average Bonchev–Trinajstić information content (AvgIpc) is 2.56. The Balaban J connectivity index is 1.87. The molecule has 2 aromatic carbocycles. The summed E-state index contributed by atoms with van der Waals surface area (Å²) < 4.78 is 0. The topological polar surface area (TPSA) is 46.0 Å². The van der Waals surface area contributed by atoms with Gasteiger partial charge in [-0.05, 0) is 22.8 Å². The molecule has 0 fully saturated rings. The molecule has 1 unspecified atom stereocenters. The molecule has 3 heteroatoms.